The van der Waals surface area contributed by atoms with Gasteiger partial charge in [0.2, 0.25) is 0 Å². The molecule has 1 N–H and O–H groups in total. The summed E-state index contributed by atoms with van der Waals surface area (Å²) in [5, 5.41) is 10.7. The molecule has 0 aliphatic carbocycles. The molecule has 0 radical (unpaired) electrons. The summed E-state index contributed by atoms with van der Waals surface area (Å²) in [6.07, 6.45) is 0. The minimum atomic E-state index is -1.32. The van der Waals surface area contributed by atoms with Crippen LogP contribution in [0.4, 0.5) is 4.39 Å². The Morgan fingerprint density at radius 2 is 1.70 bits per heavy atom. The van der Waals surface area contributed by atoms with Crippen molar-refractivity contribution in [2.24, 2.45) is 0 Å². The van der Waals surface area contributed by atoms with Gasteiger partial charge in [0.15, 0.2) is 11.6 Å². The average molecular weight is 276 g/mol. The molecule has 20 heavy (non-hydrogen) atoms. The number of methoxy groups -OCH3 is 2. The van der Waals surface area contributed by atoms with E-state index in [0.717, 1.165) is 0 Å². The SMILES string of the molecule is COc1cccc(C(C)(O)c2ccc(OC)c(F)c2)c1. The number of benzene rings is 2. The number of rotatable bonds is 4. The molecule has 0 fully saturated rings. The van der Waals surface area contributed by atoms with Crippen molar-refractivity contribution in [2.75, 3.05) is 14.2 Å². The van der Waals surface area contributed by atoms with Gasteiger partial charge in [0, 0.05) is 0 Å². The van der Waals surface area contributed by atoms with Crippen molar-refractivity contribution in [3.8, 4) is 11.5 Å². The van der Waals surface area contributed by atoms with E-state index in [4.69, 9.17) is 9.47 Å². The van der Waals surface area contributed by atoms with Crippen molar-refractivity contribution in [2.45, 2.75) is 12.5 Å². The summed E-state index contributed by atoms with van der Waals surface area (Å²) in [5.41, 5.74) is -0.243. The van der Waals surface area contributed by atoms with Gasteiger partial charge in [0.1, 0.15) is 11.4 Å². The smallest absolute Gasteiger partial charge is 0.165 e. The molecule has 4 heteroatoms. The van der Waals surface area contributed by atoms with Crippen LogP contribution >= 0.6 is 0 Å². The van der Waals surface area contributed by atoms with E-state index < -0.39 is 11.4 Å². The highest BCUT2D eigenvalue weighted by Crippen LogP contribution is 2.33. The predicted molar refractivity (Wildman–Crippen MR) is 74.6 cm³/mol. The van der Waals surface area contributed by atoms with E-state index in [1.54, 1.807) is 44.4 Å². The maximum atomic E-state index is 13.8. The van der Waals surface area contributed by atoms with Gasteiger partial charge in [0.25, 0.3) is 0 Å². The Balaban J connectivity index is 2.45. The highest BCUT2D eigenvalue weighted by Gasteiger charge is 2.27. The second kappa shape index (κ2) is 5.51. The molecule has 1 unspecified atom stereocenters. The summed E-state index contributed by atoms with van der Waals surface area (Å²) in [5.74, 6) is 0.278. The standard InChI is InChI=1S/C16H17FO3/c1-16(18,11-5-4-6-13(9-11)19-2)12-7-8-15(20-3)14(17)10-12/h4-10,18H,1-3H3. The molecule has 0 aromatic heterocycles. The van der Waals surface area contributed by atoms with Gasteiger partial charge < -0.3 is 14.6 Å². The summed E-state index contributed by atoms with van der Waals surface area (Å²) in [7, 11) is 2.96. The monoisotopic (exact) mass is 276 g/mol. The number of hydrogen-bond acceptors (Lipinski definition) is 3. The van der Waals surface area contributed by atoms with Crippen LogP contribution in [-0.4, -0.2) is 19.3 Å². The van der Waals surface area contributed by atoms with Crippen molar-refractivity contribution < 1.29 is 19.0 Å². The lowest BCUT2D eigenvalue weighted by atomic mass is 9.88. The van der Waals surface area contributed by atoms with E-state index in [1.165, 1.54) is 19.2 Å². The Kier molecular flexibility index (Phi) is 3.95. The fourth-order valence-corrected chi connectivity index (χ4v) is 2.06. The van der Waals surface area contributed by atoms with Gasteiger partial charge in [-0.05, 0) is 42.3 Å². The summed E-state index contributed by atoms with van der Waals surface area (Å²) in [6.45, 7) is 1.61. The average Bonchev–Trinajstić information content (AvgIpc) is 2.47. The van der Waals surface area contributed by atoms with Crippen molar-refractivity contribution in [3.05, 3.63) is 59.4 Å². The zero-order chi connectivity index (χ0) is 14.8. The van der Waals surface area contributed by atoms with Gasteiger partial charge in [-0.1, -0.05) is 18.2 Å². The van der Waals surface area contributed by atoms with E-state index >= 15 is 0 Å². The minimum absolute atomic E-state index is 0.148. The maximum absolute atomic E-state index is 13.8. The van der Waals surface area contributed by atoms with Gasteiger partial charge in [-0.25, -0.2) is 4.39 Å². The summed E-state index contributed by atoms with van der Waals surface area (Å²) in [4.78, 5) is 0. The highest BCUT2D eigenvalue weighted by atomic mass is 19.1. The maximum Gasteiger partial charge on any atom is 0.165 e. The highest BCUT2D eigenvalue weighted by molar-refractivity contribution is 5.41. The Morgan fingerprint density at radius 3 is 2.30 bits per heavy atom. The van der Waals surface area contributed by atoms with Crippen LogP contribution in [0.25, 0.3) is 0 Å². The normalized spacial score (nSPS) is 13.7. The molecule has 3 nitrogen and oxygen atoms in total. The second-order valence-electron chi connectivity index (χ2n) is 4.65. The summed E-state index contributed by atoms with van der Waals surface area (Å²) < 4.78 is 23.8. The van der Waals surface area contributed by atoms with E-state index in [1.807, 2.05) is 0 Å². The third-order valence-electron chi connectivity index (χ3n) is 3.35. The van der Waals surface area contributed by atoms with E-state index in [-0.39, 0.29) is 5.75 Å². The topological polar surface area (TPSA) is 38.7 Å². The van der Waals surface area contributed by atoms with Crippen LogP contribution < -0.4 is 9.47 Å². The van der Waals surface area contributed by atoms with E-state index in [0.29, 0.717) is 16.9 Å². The Hall–Kier alpha value is -2.07. The molecule has 1 atom stereocenters. The summed E-state index contributed by atoms with van der Waals surface area (Å²) >= 11 is 0. The van der Waals surface area contributed by atoms with Crippen LogP contribution in [0.1, 0.15) is 18.1 Å². The molecule has 106 valence electrons. The molecule has 2 rings (SSSR count). The zero-order valence-electron chi connectivity index (χ0n) is 11.7. The largest absolute Gasteiger partial charge is 0.497 e. The van der Waals surface area contributed by atoms with Crippen LogP contribution in [0.2, 0.25) is 0 Å². The fourth-order valence-electron chi connectivity index (χ4n) is 2.06. The van der Waals surface area contributed by atoms with Gasteiger partial charge in [-0.2, -0.15) is 0 Å². The first-order valence-corrected chi connectivity index (χ1v) is 6.20. The molecule has 2 aromatic carbocycles. The second-order valence-corrected chi connectivity index (χ2v) is 4.65. The number of ether oxygens (including phenoxy) is 2. The molecular weight excluding hydrogens is 259 g/mol. The third kappa shape index (κ3) is 2.60. The zero-order valence-corrected chi connectivity index (χ0v) is 11.7. The minimum Gasteiger partial charge on any atom is -0.497 e. The summed E-state index contributed by atoms with van der Waals surface area (Å²) in [6, 6.07) is 11.5. The van der Waals surface area contributed by atoms with Crippen molar-refractivity contribution in [3.63, 3.8) is 0 Å². The van der Waals surface area contributed by atoms with Crippen molar-refractivity contribution in [1.29, 1.82) is 0 Å². The molecule has 0 saturated carbocycles. The predicted octanol–water partition coefficient (Wildman–Crippen LogP) is 3.10. The van der Waals surface area contributed by atoms with Crippen LogP contribution in [0.15, 0.2) is 42.5 Å². The van der Waals surface area contributed by atoms with Crippen molar-refractivity contribution >= 4 is 0 Å². The lowest BCUT2D eigenvalue weighted by Crippen LogP contribution is -2.23. The first-order valence-electron chi connectivity index (χ1n) is 6.20. The third-order valence-corrected chi connectivity index (χ3v) is 3.35. The molecule has 0 bridgehead atoms. The van der Waals surface area contributed by atoms with Gasteiger partial charge in [-0.3, -0.25) is 0 Å². The van der Waals surface area contributed by atoms with Crippen LogP contribution in [0, 0.1) is 5.82 Å². The van der Waals surface area contributed by atoms with Gasteiger partial charge in [0.05, 0.1) is 14.2 Å². The molecule has 2 aromatic rings. The molecule has 0 aliphatic heterocycles. The molecular formula is C16H17FO3. The lowest BCUT2D eigenvalue weighted by molar-refractivity contribution is 0.101. The molecule has 0 aliphatic rings. The lowest BCUT2D eigenvalue weighted by Gasteiger charge is -2.25. The Bertz CT molecular complexity index is 608. The Labute approximate surface area is 117 Å². The van der Waals surface area contributed by atoms with Crippen LogP contribution in [-0.2, 0) is 5.60 Å². The number of aliphatic hydroxyl groups is 1. The van der Waals surface area contributed by atoms with Crippen molar-refractivity contribution in [1.82, 2.24) is 0 Å². The molecule has 0 heterocycles. The number of hydrogen-bond donors (Lipinski definition) is 1. The Morgan fingerprint density at radius 1 is 1.00 bits per heavy atom. The molecule has 0 saturated heterocycles. The molecule has 0 spiro atoms. The van der Waals surface area contributed by atoms with Crippen LogP contribution in [0.5, 0.6) is 11.5 Å². The number of halogens is 1. The first-order chi connectivity index (χ1) is 9.48. The van der Waals surface area contributed by atoms with E-state index in [2.05, 4.69) is 0 Å². The van der Waals surface area contributed by atoms with Gasteiger partial charge in [-0.15, -0.1) is 0 Å². The van der Waals surface area contributed by atoms with Crippen LogP contribution in [0.3, 0.4) is 0 Å². The quantitative estimate of drug-likeness (QED) is 0.932. The van der Waals surface area contributed by atoms with E-state index in [9.17, 15) is 9.50 Å². The first kappa shape index (κ1) is 14.3. The fraction of sp³-hybridized carbons (Fsp3) is 0.250. The molecule has 0 amide bonds. The van der Waals surface area contributed by atoms with Gasteiger partial charge >= 0.3 is 0 Å².